The Labute approximate surface area is 182 Å². The van der Waals surface area contributed by atoms with Gasteiger partial charge in [-0.25, -0.2) is 4.39 Å². The van der Waals surface area contributed by atoms with E-state index >= 15 is 0 Å². The summed E-state index contributed by atoms with van der Waals surface area (Å²) in [5.74, 6) is 0.764. The normalized spacial score (nSPS) is 17.9. The van der Waals surface area contributed by atoms with Crippen LogP contribution in [0, 0.1) is 5.82 Å². The molecule has 0 aliphatic carbocycles. The minimum atomic E-state index is -0.272. The van der Waals surface area contributed by atoms with Crippen molar-refractivity contribution in [1.82, 2.24) is 14.7 Å². The van der Waals surface area contributed by atoms with Gasteiger partial charge in [-0.15, -0.1) is 0 Å². The zero-order valence-corrected chi connectivity index (χ0v) is 18.0. The van der Waals surface area contributed by atoms with Crippen LogP contribution in [0.2, 0.25) is 5.02 Å². The molecule has 2 heterocycles. The number of piperazine rings is 1. The van der Waals surface area contributed by atoms with E-state index in [-0.39, 0.29) is 11.7 Å². The van der Waals surface area contributed by atoms with Crippen LogP contribution in [-0.2, 0) is 24.4 Å². The van der Waals surface area contributed by atoms with Crippen LogP contribution >= 0.6 is 11.6 Å². The van der Waals surface area contributed by atoms with Crippen molar-refractivity contribution in [2.24, 2.45) is 0 Å². The summed E-state index contributed by atoms with van der Waals surface area (Å²) in [6.07, 6.45) is 0. The van der Waals surface area contributed by atoms with Crippen molar-refractivity contribution in [2.45, 2.75) is 26.6 Å². The van der Waals surface area contributed by atoms with E-state index in [1.54, 1.807) is 19.1 Å². The molecule has 1 saturated heterocycles. The lowest BCUT2D eigenvalue weighted by Gasteiger charge is -2.34. The van der Waals surface area contributed by atoms with E-state index in [4.69, 9.17) is 16.3 Å². The summed E-state index contributed by atoms with van der Waals surface area (Å²) in [6, 6.07) is 11.1. The highest BCUT2D eigenvalue weighted by atomic mass is 35.5. The quantitative estimate of drug-likeness (QED) is 0.742. The van der Waals surface area contributed by atoms with Crippen LogP contribution in [0.5, 0.6) is 5.75 Å². The highest BCUT2D eigenvalue weighted by Crippen LogP contribution is 2.28. The molecule has 4 rings (SSSR count). The lowest BCUT2D eigenvalue weighted by Crippen LogP contribution is -2.47. The number of rotatable bonds is 4. The molecule has 5 nitrogen and oxygen atoms in total. The third-order valence-corrected chi connectivity index (χ3v) is 6.21. The number of carbonyl (C=O) groups excluding carboxylic acids is 1. The highest BCUT2D eigenvalue weighted by molar-refractivity contribution is 6.31. The van der Waals surface area contributed by atoms with Crippen molar-refractivity contribution in [3.63, 3.8) is 0 Å². The van der Waals surface area contributed by atoms with Gasteiger partial charge in [-0.3, -0.25) is 14.6 Å². The Balaban J connectivity index is 1.43. The average Bonchev–Trinajstić information content (AvgIpc) is 2.92. The molecule has 2 aliphatic heterocycles. The fourth-order valence-electron chi connectivity index (χ4n) is 4.12. The Morgan fingerprint density at radius 2 is 1.87 bits per heavy atom. The van der Waals surface area contributed by atoms with E-state index in [1.807, 2.05) is 11.0 Å². The smallest absolute Gasteiger partial charge is 0.219 e. The minimum Gasteiger partial charge on any atom is -0.492 e. The Kier molecular flexibility index (Phi) is 6.56. The molecule has 2 aromatic rings. The molecule has 0 N–H and O–H groups in total. The van der Waals surface area contributed by atoms with Gasteiger partial charge in [0.15, 0.2) is 0 Å². The number of nitrogens with zero attached hydrogens (tertiary/aromatic N) is 3. The van der Waals surface area contributed by atoms with Gasteiger partial charge in [0.25, 0.3) is 0 Å². The Morgan fingerprint density at radius 3 is 2.60 bits per heavy atom. The van der Waals surface area contributed by atoms with Crippen molar-refractivity contribution >= 4 is 17.5 Å². The number of halogens is 2. The molecule has 0 bridgehead atoms. The Hall–Kier alpha value is -2.15. The standard InChI is InChI=1S/C23H27ClFN3O2/c1-17(29)28-9-7-26(8-10-28)14-18-5-6-23-19(13-18)15-27(11-12-30-23)16-20-21(24)3-2-4-22(20)25/h2-6,13H,7-12,14-16H2,1H3. The zero-order valence-electron chi connectivity index (χ0n) is 17.2. The first kappa shape index (κ1) is 21.1. The van der Waals surface area contributed by atoms with E-state index in [2.05, 4.69) is 21.9 Å². The van der Waals surface area contributed by atoms with Crippen molar-refractivity contribution in [2.75, 3.05) is 39.3 Å². The Bertz CT molecular complexity index is 895. The first-order valence-corrected chi connectivity index (χ1v) is 10.7. The summed E-state index contributed by atoms with van der Waals surface area (Å²) in [5, 5.41) is 0.457. The summed E-state index contributed by atoms with van der Waals surface area (Å²) in [4.78, 5) is 18.0. The van der Waals surface area contributed by atoms with E-state index in [1.165, 1.54) is 11.6 Å². The van der Waals surface area contributed by atoms with Crippen LogP contribution < -0.4 is 4.74 Å². The summed E-state index contributed by atoms with van der Waals surface area (Å²) >= 11 is 6.23. The summed E-state index contributed by atoms with van der Waals surface area (Å²) in [7, 11) is 0. The van der Waals surface area contributed by atoms with Crippen LogP contribution in [0.1, 0.15) is 23.6 Å². The predicted molar refractivity (Wildman–Crippen MR) is 115 cm³/mol. The van der Waals surface area contributed by atoms with Crippen molar-refractivity contribution < 1.29 is 13.9 Å². The topological polar surface area (TPSA) is 36.0 Å². The molecule has 2 aromatic carbocycles. The number of benzene rings is 2. The SMILES string of the molecule is CC(=O)N1CCN(Cc2ccc3c(c2)CN(Cc2c(F)cccc2Cl)CCO3)CC1. The summed E-state index contributed by atoms with van der Waals surface area (Å²) in [5.41, 5.74) is 2.86. The Morgan fingerprint density at radius 1 is 1.07 bits per heavy atom. The highest BCUT2D eigenvalue weighted by Gasteiger charge is 2.21. The molecule has 7 heteroatoms. The maximum absolute atomic E-state index is 14.2. The second-order valence-electron chi connectivity index (χ2n) is 7.98. The second-order valence-corrected chi connectivity index (χ2v) is 8.39. The maximum atomic E-state index is 14.2. The number of ether oxygens (including phenoxy) is 1. The molecule has 0 aromatic heterocycles. The van der Waals surface area contributed by atoms with Crippen molar-refractivity contribution in [3.8, 4) is 5.75 Å². The lowest BCUT2D eigenvalue weighted by molar-refractivity contribution is -0.130. The summed E-state index contributed by atoms with van der Waals surface area (Å²) in [6.45, 7) is 8.20. The third kappa shape index (κ3) is 4.94. The molecule has 2 aliphatic rings. The number of fused-ring (bicyclic) bond motifs is 1. The van der Waals surface area contributed by atoms with Gasteiger partial charge in [0, 0.05) is 75.4 Å². The van der Waals surface area contributed by atoms with Crippen LogP contribution in [0.25, 0.3) is 0 Å². The molecule has 0 spiro atoms. The van der Waals surface area contributed by atoms with Gasteiger partial charge in [-0.2, -0.15) is 0 Å². The fourth-order valence-corrected chi connectivity index (χ4v) is 4.34. The van der Waals surface area contributed by atoms with Crippen LogP contribution in [-0.4, -0.2) is 59.9 Å². The number of hydrogen-bond acceptors (Lipinski definition) is 4. The van der Waals surface area contributed by atoms with Crippen molar-refractivity contribution in [1.29, 1.82) is 0 Å². The fraction of sp³-hybridized carbons (Fsp3) is 0.435. The monoisotopic (exact) mass is 431 g/mol. The minimum absolute atomic E-state index is 0.145. The molecule has 0 atom stereocenters. The molecule has 0 unspecified atom stereocenters. The van der Waals surface area contributed by atoms with Gasteiger partial charge in [0.2, 0.25) is 5.91 Å². The largest absolute Gasteiger partial charge is 0.492 e. The molecule has 0 radical (unpaired) electrons. The second kappa shape index (κ2) is 9.33. The van der Waals surface area contributed by atoms with Gasteiger partial charge < -0.3 is 9.64 Å². The number of carbonyl (C=O) groups is 1. The van der Waals surface area contributed by atoms with Crippen molar-refractivity contribution in [3.05, 3.63) is 63.9 Å². The average molecular weight is 432 g/mol. The first-order valence-electron chi connectivity index (χ1n) is 10.4. The van der Waals surface area contributed by atoms with E-state index in [0.717, 1.165) is 44.0 Å². The van der Waals surface area contributed by atoms with Gasteiger partial charge in [0.05, 0.1) is 0 Å². The van der Waals surface area contributed by atoms with E-state index in [9.17, 15) is 9.18 Å². The molecule has 160 valence electrons. The third-order valence-electron chi connectivity index (χ3n) is 5.85. The molecular weight excluding hydrogens is 405 g/mol. The number of hydrogen-bond donors (Lipinski definition) is 0. The van der Waals surface area contributed by atoms with E-state index < -0.39 is 0 Å². The predicted octanol–water partition coefficient (Wildman–Crippen LogP) is 3.54. The van der Waals surface area contributed by atoms with Gasteiger partial charge in [-0.1, -0.05) is 23.7 Å². The molecule has 1 fully saturated rings. The van der Waals surface area contributed by atoms with Crippen LogP contribution in [0.3, 0.4) is 0 Å². The first-order chi connectivity index (χ1) is 14.5. The van der Waals surface area contributed by atoms with Crippen LogP contribution in [0.15, 0.2) is 36.4 Å². The van der Waals surface area contributed by atoms with Gasteiger partial charge in [-0.05, 0) is 29.8 Å². The number of amides is 1. The molecule has 0 saturated carbocycles. The maximum Gasteiger partial charge on any atom is 0.219 e. The molecule has 1 amide bonds. The lowest BCUT2D eigenvalue weighted by atomic mass is 10.1. The molecule has 30 heavy (non-hydrogen) atoms. The van der Waals surface area contributed by atoms with Gasteiger partial charge in [0.1, 0.15) is 18.2 Å². The molecular formula is C23H27ClFN3O2. The summed E-state index contributed by atoms with van der Waals surface area (Å²) < 4.78 is 20.2. The zero-order chi connectivity index (χ0) is 21.1. The van der Waals surface area contributed by atoms with Gasteiger partial charge >= 0.3 is 0 Å². The van der Waals surface area contributed by atoms with Crippen LogP contribution in [0.4, 0.5) is 4.39 Å². The van der Waals surface area contributed by atoms with E-state index in [0.29, 0.717) is 36.8 Å².